The third kappa shape index (κ3) is 1.58. The van der Waals surface area contributed by atoms with Crippen molar-refractivity contribution in [2.24, 2.45) is 5.73 Å². The molecule has 1 atom stereocenters. The van der Waals surface area contributed by atoms with Gasteiger partial charge in [0.05, 0.1) is 0 Å². The van der Waals surface area contributed by atoms with Crippen LogP contribution in [0.3, 0.4) is 0 Å². The second-order valence-corrected chi connectivity index (χ2v) is 2.37. The van der Waals surface area contributed by atoms with E-state index in [4.69, 9.17) is 11.1 Å². The van der Waals surface area contributed by atoms with Crippen LogP contribution in [0.15, 0.2) is 18.5 Å². The van der Waals surface area contributed by atoms with Gasteiger partial charge < -0.3 is 5.73 Å². The predicted octanol–water partition coefficient (Wildman–Crippen LogP) is 0.770. The summed E-state index contributed by atoms with van der Waals surface area (Å²) >= 11 is 0. The number of amidine groups is 1. The number of hydrogen-bond donors (Lipinski definition) is 2. The Balaban J connectivity index is 2.79. The van der Waals surface area contributed by atoms with Crippen LogP contribution in [0.5, 0.6) is 0 Å². The molecule has 60 valence electrons. The van der Waals surface area contributed by atoms with Crippen LogP contribution in [0.4, 0.5) is 0 Å². The van der Waals surface area contributed by atoms with Gasteiger partial charge in [0, 0.05) is 12.4 Å². The number of hydrogen-bond acceptors (Lipinski definition) is 2. The van der Waals surface area contributed by atoms with E-state index >= 15 is 0 Å². The van der Waals surface area contributed by atoms with Gasteiger partial charge in [0.2, 0.25) is 0 Å². The Kier molecular flexibility index (Phi) is 2.25. The number of nitrogens with one attached hydrogen (secondary N) is 1. The molecule has 0 bridgehead atoms. The molecule has 0 radical (unpaired) electrons. The first-order valence-corrected chi connectivity index (χ1v) is 3.58. The summed E-state index contributed by atoms with van der Waals surface area (Å²) in [4.78, 5) is 0. The van der Waals surface area contributed by atoms with Crippen molar-refractivity contribution in [3.63, 3.8) is 0 Å². The zero-order valence-electron chi connectivity index (χ0n) is 6.49. The molecule has 1 rings (SSSR count). The first kappa shape index (κ1) is 7.78. The van der Waals surface area contributed by atoms with Gasteiger partial charge in [-0.15, -0.1) is 0 Å². The molecule has 0 spiro atoms. The van der Waals surface area contributed by atoms with Crippen LogP contribution in [-0.4, -0.2) is 15.6 Å². The summed E-state index contributed by atoms with van der Waals surface area (Å²) in [6.07, 6.45) is 4.30. The Bertz CT molecular complexity index is 227. The first-order valence-electron chi connectivity index (χ1n) is 3.58. The molecule has 0 saturated heterocycles. The lowest BCUT2D eigenvalue weighted by Crippen LogP contribution is -2.25. The molecule has 3 N–H and O–H groups in total. The molecule has 1 unspecified atom stereocenters. The highest BCUT2D eigenvalue weighted by Crippen LogP contribution is 2.07. The van der Waals surface area contributed by atoms with E-state index in [0.29, 0.717) is 0 Å². The van der Waals surface area contributed by atoms with Crippen LogP contribution in [0, 0.1) is 5.41 Å². The summed E-state index contributed by atoms with van der Waals surface area (Å²) in [6, 6.07) is 1.75. The minimum absolute atomic E-state index is 0.0787. The Labute approximate surface area is 65.5 Å². The van der Waals surface area contributed by atoms with Crippen molar-refractivity contribution in [1.82, 2.24) is 9.78 Å². The van der Waals surface area contributed by atoms with Crippen LogP contribution >= 0.6 is 0 Å². The summed E-state index contributed by atoms with van der Waals surface area (Å²) < 4.78 is 1.70. The van der Waals surface area contributed by atoms with E-state index in [9.17, 15) is 0 Å². The Morgan fingerprint density at radius 3 is 2.91 bits per heavy atom. The first-order chi connectivity index (χ1) is 5.25. The highest BCUT2D eigenvalue weighted by molar-refractivity contribution is 5.80. The maximum Gasteiger partial charge on any atom is 0.116 e. The summed E-state index contributed by atoms with van der Waals surface area (Å²) in [5.74, 6) is 0.163. The summed E-state index contributed by atoms with van der Waals surface area (Å²) in [5, 5.41) is 11.2. The number of rotatable bonds is 3. The zero-order valence-corrected chi connectivity index (χ0v) is 6.49. The predicted molar refractivity (Wildman–Crippen MR) is 43.5 cm³/mol. The monoisotopic (exact) mass is 152 g/mol. The van der Waals surface area contributed by atoms with E-state index in [-0.39, 0.29) is 11.9 Å². The van der Waals surface area contributed by atoms with E-state index in [1.807, 2.05) is 19.2 Å². The van der Waals surface area contributed by atoms with E-state index in [1.165, 1.54) is 0 Å². The van der Waals surface area contributed by atoms with Gasteiger partial charge in [0.25, 0.3) is 0 Å². The molecule has 0 aliphatic carbocycles. The van der Waals surface area contributed by atoms with Crippen molar-refractivity contribution >= 4 is 5.84 Å². The number of nitrogens with zero attached hydrogens (tertiary/aromatic N) is 2. The quantitative estimate of drug-likeness (QED) is 0.496. The van der Waals surface area contributed by atoms with Crippen LogP contribution < -0.4 is 5.73 Å². The van der Waals surface area contributed by atoms with Crippen LogP contribution in [0.2, 0.25) is 0 Å². The highest BCUT2D eigenvalue weighted by atomic mass is 15.3. The maximum atomic E-state index is 7.24. The van der Waals surface area contributed by atoms with E-state index in [1.54, 1.807) is 10.9 Å². The average Bonchev–Trinajstić information content (AvgIpc) is 2.40. The minimum Gasteiger partial charge on any atom is -0.386 e. The van der Waals surface area contributed by atoms with Gasteiger partial charge in [-0.05, 0) is 12.5 Å². The fourth-order valence-corrected chi connectivity index (χ4v) is 1.01. The topological polar surface area (TPSA) is 67.7 Å². The van der Waals surface area contributed by atoms with Crippen molar-refractivity contribution in [3.8, 4) is 0 Å². The van der Waals surface area contributed by atoms with Crippen molar-refractivity contribution in [3.05, 3.63) is 18.5 Å². The van der Waals surface area contributed by atoms with Gasteiger partial charge in [-0.3, -0.25) is 10.1 Å². The lowest BCUT2D eigenvalue weighted by atomic mass is 10.2. The van der Waals surface area contributed by atoms with Crippen molar-refractivity contribution in [2.45, 2.75) is 19.4 Å². The molecule has 1 aromatic rings. The maximum absolute atomic E-state index is 7.24. The summed E-state index contributed by atoms with van der Waals surface area (Å²) in [6.45, 7) is 1.98. The van der Waals surface area contributed by atoms with Gasteiger partial charge in [0.15, 0.2) is 0 Å². The molecular formula is C7H12N4. The molecule has 11 heavy (non-hydrogen) atoms. The molecule has 0 amide bonds. The van der Waals surface area contributed by atoms with Crippen LogP contribution in [0.25, 0.3) is 0 Å². The average molecular weight is 152 g/mol. The fourth-order valence-electron chi connectivity index (χ4n) is 1.01. The second kappa shape index (κ2) is 3.18. The van der Waals surface area contributed by atoms with Gasteiger partial charge in [0.1, 0.15) is 11.9 Å². The summed E-state index contributed by atoms with van der Waals surface area (Å²) in [7, 11) is 0. The normalized spacial score (nSPS) is 12.8. The third-order valence-corrected chi connectivity index (χ3v) is 1.59. The molecule has 0 aliphatic heterocycles. The van der Waals surface area contributed by atoms with Crippen molar-refractivity contribution in [1.29, 1.82) is 5.41 Å². The molecule has 0 aromatic carbocycles. The van der Waals surface area contributed by atoms with E-state index in [2.05, 4.69) is 5.10 Å². The van der Waals surface area contributed by atoms with Crippen molar-refractivity contribution < 1.29 is 0 Å². The van der Waals surface area contributed by atoms with Crippen LogP contribution in [0.1, 0.15) is 19.4 Å². The Morgan fingerprint density at radius 1 is 1.82 bits per heavy atom. The zero-order chi connectivity index (χ0) is 8.27. The number of nitrogens with two attached hydrogens (primary N) is 1. The van der Waals surface area contributed by atoms with Gasteiger partial charge in [-0.25, -0.2) is 0 Å². The molecule has 1 aromatic heterocycles. The molecule has 0 aliphatic rings. The molecule has 4 nitrogen and oxygen atoms in total. The Morgan fingerprint density at radius 2 is 2.55 bits per heavy atom. The number of aromatic nitrogens is 2. The standard InChI is InChI=1S/C7H12N4/c1-2-6(7(8)9)11-5-3-4-10-11/h3-6H,2H2,1H3,(H3,8,9). The van der Waals surface area contributed by atoms with Crippen LogP contribution in [-0.2, 0) is 0 Å². The third-order valence-electron chi connectivity index (χ3n) is 1.59. The SMILES string of the molecule is CCC(C(=N)N)n1cccn1. The molecular weight excluding hydrogens is 140 g/mol. The fraction of sp³-hybridized carbons (Fsp3) is 0.429. The smallest absolute Gasteiger partial charge is 0.116 e. The van der Waals surface area contributed by atoms with Gasteiger partial charge >= 0.3 is 0 Å². The highest BCUT2D eigenvalue weighted by Gasteiger charge is 2.10. The molecule has 0 saturated carbocycles. The van der Waals surface area contributed by atoms with Gasteiger partial charge in [-0.2, -0.15) is 5.10 Å². The van der Waals surface area contributed by atoms with E-state index in [0.717, 1.165) is 6.42 Å². The second-order valence-electron chi connectivity index (χ2n) is 2.37. The van der Waals surface area contributed by atoms with Gasteiger partial charge in [-0.1, -0.05) is 6.92 Å². The largest absolute Gasteiger partial charge is 0.386 e. The van der Waals surface area contributed by atoms with Crippen molar-refractivity contribution in [2.75, 3.05) is 0 Å². The minimum atomic E-state index is -0.0787. The summed E-state index contributed by atoms with van der Waals surface area (Å²) in [5.41, 5.74) is 5.36. The lowest BCUT2D eigenvalue weighted by Gasteiger charge is -2.12. The molecule has 4 heteroatoms. The molecule has 0 fully saturated rings. The molecule has 1 heterocycles. The Hall–Kier alpha value is -1.32. The lowest BCUT2D eigenvalue weighted by molar-refractivity contribution is 0.546. The van der Waals surface area contributed by atoms with E-state index < -0.39 is 0 Å².